The van der Waals surface area contributed by atoms with Crippen molar-refractivity contribution in [3.63, 3.8) is 0 Å². The van der Waals surface area contributed by atoms with Crippen LogP contribution in [-0.2, 0) is 18.2 Å². The number of aryl methyl sites for hydroxylation is 2. The first-order chi connectivity index (χ1) is 11.8. The molecule has 0 aliphatic rings. The molecule has 0 aliphatic carbocycles. The summed E-state index contributed by atoms with van der Waals surface area (Å²) in [4.78, 5) is 16.6. The molecule has 0 unspecified atom stereocenters. The molecule has 7 heteroatoms. The number of halogens is 3. The standard InChI is InChI=1S/C18H15BrCl2N2O2/c1-9-6-10(19)7-14-17(9)22-15(23(14)2)8-12-13(20)5-4-11(16(12)21)18(24)25-3/h4-7H,8H2,1-3H3. The van der Waals surface area contributed by atoms with Gasteiger partial charge in [-0.3, -0.25) is 0 Å². The van der Waals surface area contributed by atoms with Gasteiger partial charge in [-0.15, -0.1) is 0 Å². The lowest BCUT2D eigenvalue weighted by atomic mass is 10.1. The van der Waals surface area contributed by atoms with Gasteiger partial charge in [-0.25, -0.2) is 9.78 Å². The minimum absolute atomic E-state index is 0.293. The number of ether oxygens (including phenoxy) is 1. The number of esters is 1. The van der Waals surface area contributed by atoms with Gasteiger partial charge in [-0.2, -0.15) is 0 Å². The Bertz CT molecular complexity index is 999. The van der Waals surface area contributed by atoms with Gasteiger partial charge in [0.2, 0.25) is 0 Å². The highest BCUT2D eigenvalue weighted by Crippen LogP contribution is 2.32. The van der Waals surface area contributed by atoms with Crippen molar-refractivity contribution in [2.24, 2.45) is 7.05 Å². The number of carbonyl (C=O) groups excluding carboxylic acids is 1. The van der Waals surface area contributed by atoms with E-state index in [1.807, 2.05) is 30.7 Å². The molecule has 2 aromatic carbocycles. The van der Waals surface area contributed by atoms with Crippen LogP contribution in [0.25, 0.3) is 11.0 Å². The Balaban J connectivity index is 2.12. The van der Waals surface area contributed by atoms with E-state index in [1.54, 1.807) is 12.1 Å². The van der Waals surface area contributed by atoms with Crippen molar-refractivity contribution < 1.29 is 9.53 Å². The van der Waals surface area contributed by atoms with Gasteiger partial charge in [0.25, 0.3) is 0 Å². The van der Waals surface area contributed by atoms with E-state index in [9.17, 15) is 4.79 Å². The van der Waals surface area contributed by atoms with E-state index in [1.165, 1.54) is 7.11 Å². The van der Waals surface area contributed by atoms with E-state index in [-0.39, 0.29) is 0 Å². The first-order valence-electron chi connectivity index (χ1n) is 7.50. The highest BCUT2D eigenvalue weighted by atomic mass is 79.9. The molecule has 0 amide bonds. The fraction of sp³-hybridized carbons (Fsp3) is 0.222. The molecular weight excluding hydrogens is 427 g/mol. The third-order valence-electron chi connectivity index (χ3n) is 4.16. The van der Waals surface area contributed by atoms with Gasteiger partial charge in [0.1, 0.15) is 5.82 Å². The molecule has 1 heterocycles. The second-order valence-electron chi connectivity index (χ2n) is 5.73. The molecule has 0 atom stereocenters. The van der Waals surface area contributed by atoms with Crippen molar-refractivity contribution in [3.8, 4) is 0 Å². The first kappa shape index (κ1) is 18.2. The van der Waals surface area contributed by atoms with E-state index in [0.717, 1.165) is 26.9 Å². The van der Waals surface area contributed by atoms with Crippen LogP contribution in [0.1, 0.15) is 27.3 Å². The summed E-state index contributed by atoms with van der Waals surface area (Å²) in [7, 11) is 3.27. The van der Waals surface area contributed by atoms with Crippen LogP contribution in [-0.4, -0.2) is 22.6 Å². The Morgan fingerprint density at radius 3 is 2.72 bits per heavy atom. The number of fused-ring (bicyclic) bond motifs is 1. The maximum Gasteiger partial charge on any atom is 0.339 e. The Labute approximate surface area is 163 Å². The summed E-state index contributed by atoms with van der Waals surface area (Å²) in [5, 5.41) is 0.784. The van der Waals surface area contributed by atoms with Crippen LogP contribution < -0.4 is 0 Å². The number of nitrogens with zero attached hydrogens (tertiary/aromatic N) is 2. The highest BCUT2D eigenvalue weighted by molar-refractivity contribution is 9.10. The van der Waals surface area contributed by atoms with Gasteiger partial charge in [-0.05, 0) is 42.3 Å². The summed E-state index contributed by atoms with van der Waals surface area (Å²) < 4.78 is 7.77. The number of carbonyl (C=O) groups is 1. The van der Waals surface area contributed by atoms with Crippen molar-refractivity contribution in [1.29, 1.82) is 0 Å². The molecule has 3 rings (SSSR count). The molecule has 130 valence electrons. The molecule has 0 bridgehead atoms. The lowest BCUT2D eigenvalue weighted by Gasteiger charge is -2.10. The topological polar surface area (TPSA) is 44.1 Å². The number of benzene rings is 2. The molecule has 0 aliphatic heterocycles. The zero-order valence-corrected chi connectivity index (χ0v) is 17.0. The second-order valence-corrected chi connectivity index (χ2v) is 7.43. The minimum Gasteiger partial charge on any atom is -0.465 e. The maximum atomic E-state index is 11.9. The average Bonchev–Trinajstić information content (AvgIpc) is 2.88. The summed E-state index contributed by atoms with van der Waals surface area (Å²) in [5.74, 6) is 0.315. The predicted octanol–water partition coefficient (Wildman–Crippen LogP) is 5.33. The molecule has 3 aromatic rings. The zero-order chi connectivity index (χ0) is 18.3. The number of aromatic nitrogens is 2. The van der Waals surface area contributed by atoms with Crippen molar-refractivity contribution in [2.45, 2.75) is 13.3 Å². The summed E-state index contributed by atoms with van der Waals surface area (Å²) >= 11 is 16.3. The quantitative estimate of drug-likeness (QED) is 0.516. The van der Waals surface area contributed by atoms with E-state index >= 15 is 0 Å². The van der Waals surface area contributed by atoms with Gasteiger partial charge in [0, 0.05) is 23.0 Å². The molecule has 0 radical (unpaired) electrons. The van der Waals surface area contributed by atoms with Crippen LogP contribution in [0.2, 0.25) is 10.0 Å². The minimum atomic E-state index is -0.493. The zero-order valence-electron chi connectivity index (χ0n) is 13.9. The fourth-order valence-electron chi connectivity index (χ4n) is 2.81. The van der Waals surface area contributed by atoms with Crippen LogP contribution in [0, 0.1) is 6.92 Å². The smallest absolute Gasteiger partial charge is 0.339 e. The van der Waals surface area contributed by atoms with Gasteiger partial charge >= 0.3 is 5.97 Å². The van der Waals surface area contributed by atoms with Crippen LogP contribution >= 0.6 is 39.1 Å². The molecule has 4 nitrogen and oxygen atoms in total. The van der Waals surface area contributed by atoms with Crippen LogP contribution in [0.4, 0.5) is 0 Å². The number of hydrogen-bond donors (Lipinski definition) is 0. The molecule has 0 fully saturated rings. The third-order valence-corrected chi connectivity index (χ3v) is 5.40. The number of rotatable bonds is 3. The lowest BCUT2D eigenvalue weighted by molar-refractivity contribution is 0.0601. The van der Waals surface area contributed by atoms with E-state index in [0.29, 0.717) is 27.6 Å². The fourth-order valence-corrected chi connectivity index (χ4v) is 3.95. The Hall–Kier alpha value is -1.56. The van der Waals surface area contributed by atoms with Gasteiger partial charge < -0.3 is 9.30 Å². The SMILES string of the molecule is COC(=O)c1ccc(Cl)c(Cc2nc3c(C)cc(Br)cc3n2C)c1Cl. The van der Waals surface area contributed by atoms with Gasteiger partial charge in [0.05, 0.1) is 28.7 Å². The summed E-state index contributed by atoms with van der Waals surface area (Å²) in [6, 6.07) is 7.26. The van der Waals surface area contributed by atoms with E-state index in [2.05, 4.69) is 15.9 Å². The normalized spacial score (nSPS) is 11.1. The summed E-state index contributed by atoms with van der Waals surface area (Å²) in [5.41, 5.74) is 3.96. The molecular formula is C18H15BrCl2N2O2. The highest BCUT2D eigenvalue weighted by Gasteiger charge is 2.19. The second kappa shape index (κ2) is 6.98. The van der Waals surface area contributed by atoms with Crippen LogP contribution in [0.15, 0.2) is 28.7 Å². The third kappa shape index (κ3) is 3.28. The van der Waals surface area contributed by atoms with Gasteiger partial charge in [0.15, 0.2) is 0 Å². The summed E-state index contributed by atoms with van der Waals surface area (Å²) in [6.45, 7) is 2.02. The van der Waals surface area contributed by atoms with Crippen LogP contribution in [0.3, 0.4) is 0 Å². The Kier molecular flexibility index (Phi) is 5.09. The Morgan fingerprint density at radius 2 is 2.04 bits per heavy atom. The maximum absolute atomic E-state index is 11.9. The average molecular weight is 442 g/mol. The van der Waals surface area contributed by atoms with Crippen molar-refractivity contribution in [2.75, 3.05) is 7.11 Å². The van der Waals surface area contributed by atoms with E-state index in [4.69, 9.17) is 32.9 Å². The van der Waals surface area contributed by atoms with Crippen molar-refractivity contribution >= 4 is 56.1 Å². The monoisotopic (exact) mass is 440 g/mol. The number of hydrogen-bond acceptors (Lipinski definition) is 3. The van der Waals surface area contributed by atoms with Crippen molar-refractivity contribution in [3.05, 3.63) is 61.3 Å². The van der Waals surface area contributed by atoms with Crippen LogP contribution in [0.5, 0.6) is 0 Å². The molecule has 0 spiro atoms. The lowest BCUT2D eigenvalue weighted by Crippen LogP contribution is -2.06. The predicted molar refractivity (Wildman–Crippen MR) is 104 cm³/mol. The molecule has 25 heavy (non-hydrogen) atoms. The van der Waals surface area contributed by atoms with Gasteiger partial charge in [-0.1, -0.05) is 39.1 Å². The number of imidazole rings is 1. The Morgan fingerprint density at radius 1 is 1.32 bits per heavy atom. The summed E-state index contributed by atoms with van der Waals surface area (Å²) in [6.07, 6.45) is 0.407. The molecule has 1 aromatic heterocycles. The molecule has 0 saturated heterocycles. The van der Waals surface area contributed by atoms with E-state index < -0.39 is 5.97 Å². The molecule has 0 saturated carbocycles. The largest absolute Gasteiger partial charge is 0.465 e. The van der Waals surface area contributed by atoms with Crippen molar-refractivity contribution in [1.82, 2.24) is 9.55 Å². The first-order valence-corrected chi connectivity index (χ1v) is 9.05. The number of methoxy groups -OCH3 is 1. The molecule has 0 N–H and O–H groups in total.